The molecule has 0 atom stereocenters. The van der Waals surface area contributed by atoms with Crippen LogP contribution in [0.1, 0.15) is 59.4 Å². The lowest BCUT2D eigenvalue weighted by molar-refractivity contribution is 0.0994. The van der Waals surface area contributed by atoms with Crippen molar-refractivity contribution in [2.24, 2.45) is 5.73 Å². The molecule has 2 aliphatic carbocycles. The van der Waals surface area contributed by atoms with Crippen LogP contribution >= 0.6 is 0 Å². The Morgan fingerprint density at radius 2 is 1.13 bits per heavy atom. The summed E-state index contributed by atoms with van der Waals surface area (Å²) in [5.41, 5.74) is 16.4. The topological polar surface area (TPSA) is 139 Å². The highest BCUT2D eigenvalue weighted by Gasteiger charge is 2.32. The summed E-state index contributed by atoms with van der Waals surface area (Å²) in [6, 6.07) is 20.4. The average Bonchev–Trinajstić information content (AvgIpc) is 4.01. The molecule has 0 aliphatic heterocycles. The van der Waals surface area contributed by atoms with Crippen molar-refractivity contribution in [1.29, 1.82) is 0 Å². The van der Waals surface area contributed by atoms with Crippen molar-refractivity contribution in [2.45, 2.75) is 37.5 Å². The number of benzene rings is 2. The molecule has 11 nitrogen and oxygen atoms in total. The molecule has 260 valence electrons. The first kappa shape index (κ1) is 32.0. The monoisotopic (exact) mass is 704 g/mol. The number of rotatable bonds is 7. The Hall–Kier alpha value is -6.94. The van der Waals surface area contributed by atoms with Crippen molar-refractivity contribution in [2.75, 3.05) is 0 Å². The van der Waals surface area contributed by atoms with Crippen LogP contribution in [0.5, 0.6) is 0 Å². The van der Waals surface area contributed by atoms with E-state index in [4.69, 9.17) is 12.3 Å². The second kappa shape index (κ2) is 12.7. The molecule has 4 N–H and O–H groups in total. The predicted molar refractivity (Wildman–Crippen MR) is 195 cm³/mol. The number of carbonyl (C=O) groups is 1. The van der Waals surface area contributed by atoms with E-state index in [1.165, 1.54) is 30.5 Å². The van der Waals surface area contributed by atoms with Crippen LogP contribution in [0.2, 0.25) is 0 Å². The lowest BCUT2D eigenvalue weighted by Crippen LogP contribution is -2.13. The van der Waals surface area contributed by atoms with Gasteiger partial charge in [0.1, 0.15) is 34.4 Å². The number of nitrogens with one attached hydrogen (secondary N) is 2. The largest absolute Gasteiger partial charge is 0.364 e. The van der Waals surface area contributed by atoms with Gasteiger partial charge in [-0.15, -0.1) is 0 Å². The van der Waals surface area contributed by atoms with Gasteiger partial charge < -0.3 is 10.6 Å². The number of imidazole rings is 2. The molecule has 13 heteroatoms. The van der Waals surface area contributed by atoms with Crippen molar-refractivity contribution >= 4 is 23.0 Å². The fourth-order valence-electron chi connectivity index (χ4n) is 6.77. The van der Waals surface area contributed by atoms with Crippen LogP contribution in [0.25, 0.3) is 60.9 Å². The summed E-state index contributed by atoms with van der Waals surface area (Å²) in [5, 5.41) is 15.4. The normalized spacial score (nSPS) is 13.9. The molecule has 8 aromatic rings. The Morgan fingerprint density at radius 3 is 1.60 bits per heavy atom. The van der Waals surface area contributed by atoms with Gasteiger partial charge in [-0.1, -0.05) is 6.57 Å². The molecule has 2 saturated carbocycles. The van der Waals surface area contributed by atoms with Crippen LogP contribution in [0.3, 0.4) is 0 Å². The van der Waals surface area contributed by atoms with E-state index in [9.17, 15) is 13.6 Å². The van der Waals surface area contributed by atoms with E-state index in [1.807, 2.05) is 36.7 Å². The minimum atomic E-state index is -0.534. The van der Waals surface area contributed by atoms with E-state index in [0.29, 0.717) is 29.0 Å². The average molecular weight is 705 g/mol. The van der Waals surface area contributed by atoms with Gasteiger partial charge in [0.25, 0.3) is 11.7 Å². The molecule has 6 aromatic heterocycles. The van der Waals surface area contributed by atoms with E-state index in [2.05, 4.69) is 35.2 Å². The predicted octanol–water partition coefficient (Wildman–Crippen LogP) is 8.47. The fourth-order valence-corrected chi connectivity index (χ4v) is 6.77. The minimum absolute atomic E-state index is 0.269. The highest BCUT2D eigenvalue weighted by atomic mass is 19.1. The smallest absolute Gasteiger partial charge is 0.267 e. The van der Waals surface area contributed by atoms with Crippen molar-refractivity contribution in [3.8, 4) is 44.8 Å². The quantitative estimate of drug-likeness (QED) is 0.143. The standard InChI is InChI=1S/C20H16FN5O.C20H14FN5/c21-14-6-3-12(4-7-14)19-17(18(24-25-19)11-1-2-11)13-5-8-16-23-9-15(20(22)27)26(16)10-13;1-22-17-10-23-16-9-6-14(11-26(16)17)18-19(12-2-3-12)24-25-20(18)13-4-7-15(21)8-5-13/h3-11H,1-2H2,(H2,22,27)(H,24,25);4-12H,2-3H2,(H,24,25). The van der Waals surface area contributed by atoms with Crippen molar-refractivity contribution in [3.05, 3.63) is 138 Å². The maximum absolute atomic E-state index is 13.3. The number of carbonyl (C=O) groups excluding carboxylic acids is 1. The maximum atomic E-state index is 13.3. The molecule has 2 fully saturated rings. The van der Waals surface area contributed by atoms with E-state index in [-0.39, 0.29) is 11.6 Å². The van der Waals surface area contributed by atoms with E-state index < -0.39 is 5.91 Å². The van der Waals surface area contributed by atoms with Gasteiger partial charge in [0.2, 0.25) is 5.65 Å². The molecular formula is C40H30F2N10O. The number of hydrogen-bond acceptors (Lipinski definition) is 5. The molecule has 2 aromatic carbocycles. The first-order chi connectivity index (χ1) is 25.9. The molecule has 0 spiro atoms. The van der Waals surface area contributed by atoms with Crippen LogP contribution in [0.15, 0.2) is 97.6 Å². The maximum Gasteiger partial charge on any atom is 0.267 e. The van der Waals surface area contributed by atoms with Crippen LogP contribution in [-0.4, -0.2) is 45.1 Å². The molecule has 1 amide bonds. The molecule has 53 heavy (non-hydrogen) atoms. The van der Waals surface area contributed by atoms with Crippen molar-refractivity contribution in [3.63, 3.8) is 0 Å². The molecule has 10 rings (SSSR count). The number of halogens is 2. The zero-order valence-electron chi connectivity index (χ0n) is 28.1. The van der Waals surface area contributed by atoms with E-state index >= 15 is 0 Å². The van der Waals surface area contributed by atoms with Gasteiger partial charge in [0, 0.05) is 68.9 Å². The summed E-state index contributed by atoms with van der Waals surface area (Å²) in [6.45, 7) is 7.32. The summed E-state index contributed by atoms with van der Waals surface area (Å²) in [5.74, 6) is 0.301. The van der Waals surface area contributed by atoms with Gasteiger partial charge in [-0.2, -0.15) is 10.2 Å². The van der Waals surface area contributed by atoms with Crippen molar-refractivity contribution in [1.82, 2.24) is 39.2 Å². The number of primary amides is 1. The second-order valence-corrected chi connectivity index (χ2v) is 13.3. The lowest BCUT2D eigenvalue weighted by atomic mass is 9.98. The molecule has 6 heterocycles. The van der Waals surface area contributed by atoms with Crippen LogP contribution in [0.4, 0.5) is 14.6 Å². The fraction of sp³-hybridized carbons (Fsp3) is 0.150. The minimum Gasteiger partial charge on any atom is -0.364 e. The summed E-state index contributed by atoms with van der Waals surface area (Å²) < 4.78 is 30.2. The van der Waals surface area contributed by atoms with Gasteiger partial charge in [-0.3, -0.25) is 19.4 Å². The Bertz CT molecular complexity index is 2710. The number of aromatic nitrogens is 8. The summed E-state index contributed by atoms with van der Waals surface area (Å²) in [4.78, 5) is 23.7. The molecular weight excluding hydrogens is 675 g/mol. The third-order valence-electron chi connectivity index (χ3n) is 9.73. The highest BCUT2D eigenvalue weighted by Crippen LogP contribution is 2.47. The molecule has 2 aliphatic rings. The van der Waals surface area contributed by atoms with Gasteiger partial charge in [0.05, 0.1) is 18.6 Å². The number of amides is 1. The second-order valence-electron chi connectivity index (χ2n) is 13.3. The number of nitrogens with two attached hydrogens (primary N) is 1. The first-order valence-electron chi connectivity index (χ1n) is 17.2. The van der Waals surface area contributed by atoms with Crippen molar-refractivity contribution < 1.29 is 13.6 Å². The molecule has 0 saturated heterocycles. The Kier molecular flexibility index (Phi) is 7.66. The van der Waals surface area contributed by atoms with Crippen LogP contribution in [-0.2, 0) is 0 Å². The highest BCUT2D eigenvalue weighted by molar-refractivity contribution is 5.92. The van der Waals surface area contributed by atoms with Gasteiger partial charge in [0.15, 0.2) is 0 Å². The molecule has 0 bridgehead atoms. The number of fused-ring (bicyclic) bond motifs is 2. The zero-order valence-corrected chi connectivity index (χ0v) is 28.1. The molecule has 0 unspecified atom stereocenters. The third kappa shape index (κ3) is 5.89. The van der Waals surface area contributed by atoms with Gasteiger partial charge in [-0.25, -0.2) is 23.1 Å². The lowest BCUT2D eigenvalue weighted by Gasteiger charge is -2.08. The number of pyridine rings is 2. The van der Waals surface area contributed by atoms with E-state index in [0.717, 1.165) is 87.5 Å². The summed E-state index contributed by atoms with van der Waals surface area (Å²) in [6.07, 6.45) is 11.3. The summed E-state index contributed by atoms with van der Waals surface area (Å²) in [7, 11) is 0. The number of H-pyrrole nitrogens is 2. The van der Waals surface area contributed by atoms with Gasteiger partial charge in [-0.05, 0) is 92.4 Å². The van der Waals surface area contributed by atoms with Gasteiger partial charge >= 0.3 is 0 Å². The Morgan fingerprint density at radius 1 is 0.679 bits per heavy atom. The Labute approximate surface area is 301 Å². The number of hydrogen-bond donors (Lipinski definition) is 3. The first-order valence-corrected chi connectivity index (χ1v) is 17.2. The zero-order chi connectivity index (χ0) is 36.2. The Balaban J connectivity index is 0.000000141. The van der Waals surface area contributed by atoms with Crippen LogP contribution in [0, 0.1) is 18.2 Å². The number of nitrogens with zero attached hydrogens (tertiary/aromatic N) is 7. The SMILES string of the molecule is NC(=O)c1cnc2ccc(-c3c(-c4ccc(F)cc4)n[nH]c3C3CC3)cn12.[C-]#[N+]c1cnc2ccc(-c3c(-c4ccc(F)cc4)n[nH]c3C3CC3)cn12. The molecule has 0 radical (unpaired) electrons. The number of aromatic amines is 2. The van der Waals surface area contributed by atoms with Crippen LogP contribution < -0.4 is 5.73 Å². The van der Waals surface area contributed by atoms with E-state index in [1.54, 1.807) is 39.3 Å². The third-order valence-corrected chi connectivity index (χ3v) is 9.73. The summed E-state index contributed by atoms with van der Waals surface area (Å²) >= 11 is 0.